The number of hydrogen-bond donors (Lipinski definition) is 2. The Balaban J connectivity index is 1.47. The molecule has 0 aliphatic heterocycles. The fourth-order valence-electron chi connectivity index (χ4n) is 5.64. The van der Waals surface area contributed by atoms with Crippen molar-refractivity contribution in [1.29, 1.82) is 0 Å². The zero-order valence-corrected chi connectivity index (χ0v) is 15.1. The van der Waals surface area contributed by atoms with Crippen molar-refractivity contribution >= 4 is 23.2 Å². The molecular weight excluding hydrogens is 368 g/mol. The minimum absolute atomic E-state index is 0.236. The Morgan fingerprint density at radius 1 is 0.857 bits per heavy atom. The van der Waals surface area contributed by atoms with Crippen molar-refractivity contribution in [3.63, 3.8) is 0 Å². The average Bonchev–Trinajstić information content (AvgIpc) is 2.64. The number of non-ortho nitro benzene ring substituents is 2. The molecule has 4 aliphatic rings. The van der Waals surface area contributed by atoms with Gasteiger partial charge in [-0.25, -0.2) is 0 Å². The summed E-state index contributed by atoms with van der Waals surface area (Å²) in [6.07, 6.45) is 6.00. The Labute approximate surface area is 159 Å². The highest BCUT2D eigenvalue weighted by Gasteiger charge is 2.54. The second-order valence-electron chi connectivity index (χ2n) is 8.36. The van der Waals surface area contributed by atoms with Crippen molar-refractivity contribution in [2.24, 2.45) is 23.2 Å². The maximum Gasteiger partial charge on any atom is 0.277 e. The van der Waals surface area contributed by atoms with Gasteiger partial charge >= 0.3 is 0 Å². The summed E-state index contributed by atoms with van der Waals surface area (Å²) < 4.78 is 0. The fourth-order valence-corrected chi connectivity index (χ4v) is 5.64. The number of carbonyl (C=O) groups is 2. The Kier molecular flexibility index (Phi) is 4.28. The van der Waals surface area contributed by atoms with Gasteiger partial charge in [0.05, 0.1) is 26.9 Å². The molecule has 4 saturated carbocycles. The van der Waals surface area contributed by atoms with E-state index in [9.17, 15) is 29.8 Å². The van der Waals surface area contributed by atoms with Crippen molar-refractivity contribution in [2.75, 3.05) is 0 Å². The summed E-state index contributed by atoms with van der Waals surface area (Å²) in [5.74, 6) is 0.621. The average molecular weight is 388 g/mol. The molecule has 10 heteroatoms. The summed E-state index contributed by atoms with van der Waals surface area (Å²) in [5, 5.41) is 21.9. The fraction of sp³-hybridized carbons (Fsp3) is 0.556. The number of nitrogens with one attached hydrogen (secondary N) is 2. The number of nitro benzene ring substituents is 2. The first-order valence-electron chi connectivity index (χ1n) is 9.30. The highest BCUT2D eigenvalue weighted by molar-refractivity contribution is 5.97. The highest BCUT2D eigenvalue weighted by atomic mass is 16.6. The number of hydrogen-bond acceptors (Lipinski definition) is 6. The Hall–Kier alpha value is -3.04. The molecule has 1 aromatic rings. The number of hydrazine groups is 1. The zero-order chi connectivity index (χ0) is 20.1. The molecule has 28 heavy (non-hydrogen) atoms. The van der Waals surface area contributed by atoms with Gasteiger partial charge in [-0.3, -0.25) is 40.7 Å². The van der Waals surface area contributed by atoms with Crippen LogP contribution in [0.4, 0.5) is 11.4 Å². The summed E-state index contributed by atoms with van der Waals surface area (Å²) in [4.78, 5) is 45.5. The van der Waals surface area contributed by atoms with E-state index in [1.54, 1.807) is 0 Å². The van der Waals surface area contributed by atoms with E-state index >= 15 is 0 Å². The van der Waals surface area contributed by atoms with Gasteiger partial charge in [-0.15, -0.1) is 0 Å². The van der Waals surface area contributed by atoms with Crippen LogP contribution in [0.2, 0.25) is 0 Å². The van der Waals surface area contributed by atoms with Crippen LogP contribution in [0.5, 0.6) is 0 Å². The van der Waals surface area contributed by atoms with Crippen LogP contribution >= 0.6 is 0 Å². The molecule has 10 nitrogen and oxygen atoms in total. The van der Waals surface area contributed by atoms with Crippen LogP contribution in [0, 0.1) is 43.4 Å². The van der Waals surface area contributed by atoms with Crippen molar-refractivity contribution in [3.8, 4) is 0 Å². The van der Waals surface area contributed by atoms with Gasteiger partial charge in [-0.1, -0.05) is 0 Å². The number of carbonyl (C=O) groups excluding carboxylic acids is 2. The van der Waals surface area contributed by atoms with E-state index in [0.29, 0.717) is 17.8 Å². The van der Waals surface area contributed by atoms with Crippen LogP contribution in [0.3, 0.4) is 0 Å². The lowest BCUT2D eigenvalue weighted by molar-refractivity contribution is -0.394. The van der Waals surface area contributed by atoms with Gasteiger partial charge in [0.2, 0.25) is 5.91 Å². The zero-order valence-electron chi connectivity index (χ0n) is 15.1. The third-order valence-electron chi connectivity index (χ3n) is 6.40. The molecule has 0 saturated heterocycles. The third kappa shape index (κ3) is 3.19. The molecule has 148 valence electrons. The Morgan fingerprint density at radius 3 is 1.75 bits per heavy atom. The maximum atomic E-state index is 12.8. The Bertz CT molecular complexity index is 815. The molecule has 4 fully saturated rings. The quantitative estimate of drug-likeness (QED) is 0.599. The van der Waals surface area contributed by atoms with Gasteiger partial charge in [0.15, 0.2) is 0 Å². The molecule has 5 rings (SSSR count). The summed E-state index contributed by atoms with van der Waals surface area (Å²) in [6, 6.07) is 2.67. The van der Waals surface area contributed by atoms with E-state index < -0.39 is 32.5 Å². The van der Waals surface area contributed by atoms with E-state index in [1.807, 2.05) is 0 Å². The molecule has 2 amide bonds. The smallest absolute Gasteiger partial charge is 0.273 e. The number of benzene rings is 1. The molecule has 0 unspecified atom stereocenters. The summed E-state index contributed by atoms with van der Waals surface area (Å²) in [7, 11) is 0. The monoisotopic (exact) mass is 388 g/mol. The normalized spacial score (nSPS) is 29.9. The summed E-state index contributed by atoms with van der Waals surface area (Å²) in [6.45, 7) is 0. The summed E-state index contributed by atoms with van der Waals surface area (Å²) in [5.41, 5.74) is 2.88. The topological polar surface area (TPSA) is 144 Å². The second kappa shape index (κ2) is 6.54. The molecule has 0 atom stereocenters. The van der Waals surface area contributed by atoms with Gasteiger partial charge < -0.3 is 0 Å². The van der Waals surface area contributed by atoms with Crippen LogP contribution in [0.25, 0.3) is 0 Å². The lowest BCUT2D eigenvalue weighted by Gasteiger charge is -2.55. The first-order valence-corrected chi connectivity index (χ1v) is 9.30. The molecule has 1 aromatic carbocycles. The van der Waals surface area contributed by atoms with Gasteiger partial charge in [0.25, 0.3) is 17.3 Å². The van der Waals surface area contributed by atoms with Gasteiger partial charge in [-0.2, -0.15) is 0 Å². The minimum Gasteiger partial charge on any atom is -0.273 e. The predicted molar refractivity (Wildman–Crippen MR) is 96.0 cm³/mol. The van der Waals surface area contributed by atoms with Crippen LogP contribution in [-0.4, -0.2) is 21.7 Å². The lowest BCUT2D eigenvalue weighted by atomic mass is 9.49. The van der Waals surface area contributed by atoms with Crippen molar-refractivity contribution in [1.82, 2.24) is 10.9 Å². The molecule has 0 aromatic heterocycles. The van der Waals surface area contributed by atoms with Crippen LogP contribution in [0.15, 0.2) is 18.2 Å². The van der Waals surface area contributed by atoms with E-state index in [1.165, 1.54) is 19.3 Å². The number of rotatable bonds is 4. The molecule has 4 aliphatic carbocycles. The van der Waals surface area contributed by atoms with Crippen LogP contribution in [-0.2, 0) is 4.79 Å². The Morgan fingerprint density at radius 2 is 1.32 bits per heavy atom. The van der Waals surface area contributed by atoms with Gasteiger partial charge in [0, 0.05) is 12.1 Å². The lowest BCUT2D eigenvalue weighted by Crippen LogP contribution is -2.56. The summed E-state index contributed by atoms with van der Waals surface area (Å²) >= 11 is 0. The van der Waals surface area contributed by atoms with Gasteiger partial charge in [0.1, 0.15) is 0 Å². The van der Waals surface area contributed by atoms with E-state index in [0.717, 1.165) is 37.5 Å². The molecule has 2 N–H and O–H groups in total. The minimum atomic E-state index is -0.829. The number of nitro groups is 2. The standard InChI is InChI=1S/C18H20N4O6/c23-16(13-4-14(21(25)26)6-15(5-13)22(27)28)19-20-17(24)18-7-10-1-11(8-18)3-12(2-10)9-18/h4-6,10-12H,1-3,7-9H2,(H,19,23)(H,20,24). The molecule has 0 heterocycles. The third-order valence-corrected chi connectivity index (χ3v) is 6.40. The molecule has 0 spiro atoms. The molecule has 4 bridgehead atoms. The van der Waals surface area contributed by atoms with Crippen LogP contribution < -0.4 is 10.9 Å². The van der Waals surface area contributed by atoms with Crippen molar-refractivity contribution in [2.45, 2.75) is 38.5 Å². The second-order valence-corrected chi connectivity index (χ2v) is 8.36. The first-order chi connectivity index (χ1) is 13.3. The molecular formula is C18H20N4O6. The number of amides is 2. The maximum absolute atomic E-state index is 12.8. The van der Waals surface area contributed by atoms with E-state index in [4.69, 9.17) is 0 Å². The van der Waals surface area contributed by atoms with Gasteiger partial charge in [-0.05, 0) is 56.3 Å². The number of nitrogens with zero attached hydrogens (tertiary/aromatic N) is 2. The largest absolute Gasteiger partial charge is 0.277 e. The van der Waals surface area contributed by atoms with E-state index in [-0.39, 0.29) is 11.5 Å². The van der Waals surface area contributed by atoms with Crippen LogP contribution in [0.1, 0.15) is 48.9 Å². The first kappa shape index (κ1) is 18.3. The SMILES string of the molecule is O=C(NNC(=O)C12CC3CC(CC(C3)C1)C2)c1cc([N+](=O)[O-])cc([N+](=O)[O-])c1. The molecule has 0 radical (unpaired) electrons. The van der Waals surface area contributed by atoms with Crippen molar-refractivity contribution < 1.29 is 19.4 Å². The van der Waals surface area contributed by atoms with E-state index in [2.05, 4.69) is 10.9 Å². The van der Waals surface area contributed by atoms with Crippen molar-refractivity contribution in [3.05, 3.63) is 44.0 Å². The predicted octanol–water partition coefficient (Wildman–Crippen LogP) is 2.48. The highest BCUT2D eigenvalue weighted by Crippen LogP contribution is 2.60.